The minimum atomic E-state index is -1.53. The highest BCUT2D eigenvalue weighted by Crippen LogP contribution is 2.52. The van der Waals surface area contributed by atoms with Gasteiger partial charge < -0.3 is 18.7 Å². The maximum Gasteiger partial charge on any atom is 0.397 e. The van der Waals surface area contributed by atoms with Crippen molar-refractivity contribution in [1.82, 2.24) is 0 Å². The molecule has 1 aromatic carbocycles. The lowest BCUT2D eigenvalue weighted by Crippen LogP contribution is -2.30. The fourth-order valence-corrected chi connectivity index (χ4v) is 4.96. The topological polar surface area (TPSA) is 65.0 Å². The molecule has 0 radical (unpaired) electrons. The highest BCUT2D eigenvalue weighted by atomic mass is 31.2. The summed E-state index contributed by atoms with van der Waals surface area (Å²) in [5.74, 6) is -0.110. The molecule has 1 aliphatic heterocycles. The van der Waals surface area contributed by atoms with Crippen molar-refractivity contribution >= 4 is 14.6 Å². The van der Waals surface area contributed by atoms with Crippen LogP contribution in [0.1, 0.15) is 84.6 Å². The largest absolute Gasteiger partial charge is 0.481 e. The van der Waals surface area contributed by atoms with Crippen molar-refractivity contribution in [1.29, 1.82) is 0 Å². The molecule has 1 N–H and O–H groups in total. The molecule has 0 atom stereocenters. The Morgan fingerprint density at radius 1 is 1.14 bits per heavy atom. The Kier molecular flexibility index (Phi) is 7.09. The van der Waals surface area contributed by atoms with Crippen molar-refractivity contribution in [2.75, 3.05) is 13.2 Å². The third-order valence-electron chi connectivity index (χ3n) is 5.03. The van der Waals surface area contributed by atoms with Gasteiger partial charge in [-0.3, -0.25) is 4.79 Å². The average molecular weight is 425 g/mol. The first-order valence-corrected chi connectivity index (χ1v) is 11.4. The zero-order valence-corrected chi connectivity index (χ0v) is 20.3. The zero-order valence-electron chi connectivity index (χ0n) is 19.4. The zero-order chi connectivity index (χ0) is 22.2. The molecule has 0 bridgehead atoms. The summed E-state index contributed by atoms with van der Waals surface area (Å²) in [6.07, 6.45) is 0.744. The van der Waals surface area contributed by atoms with Gasteiger partial charge in [0.15, 0.2) is 0 Å². The lowest BCUT2D eigenvalue weighted by Gasteiger charge is -2.36. The first kappa shape index (κ1) is 24.1. The molecular formula is C23H37O5P. The Hall–Kier alpha value is -1.16. The second kappa shape index (κ2) is 8.53. The van der Waals surface area contributed by atoms with Crippen molar-refractivity contribution in [3.05, 3.63) is 28.3 Å². The molecule has 1 aromatic rings. The molecule has 29 heavy (non-hydrogen) atoms. The van der Waals surface area contributed by atoms with E-state index in [1.165, 1.54) is 0 Å². The summed E-state index contributed by atoms with van der Waals surface area (Å²) in [5, 5.41) is 9.59. The van der Waals surface area contributed by atoms with Crippen LogP contribution in [0.5, 0.6) is 5.75 Å². The van der Waals surface area contributed by atoms with Crippen molar-refractivity contribution in [2.45, 2.75) is 86.0 Å². The van der Waals surface area contributed by atoms with Gasteiger partial charge in [0, 0.05) is 16.5 Å². The number of aliphatic carboxylic acids is 1. The Morgan fingerprint density at radius 3 is 2.10 bits per heavy atom. The van der Waals surface area contributed by atoms with Crippen LogP contribution in [-0.4, -0.2) is 24.3 Å². The molecule has 0 amide bonds. The monoisotopic (exact) mass is 424 g/mol. The van der Waals surface area contributed by atoms with E-state index in [9.17, 15) is 9.90 Å². The minimum Gasteiger partial charge on any atom is -0.481 e. The van der Waals surface area contributed by atoms with Crippen molar-refractivity contribution < 1.29 is 23.5 Å². The molecule has 2 rings (SSSR count). The van der Waals surface area contributed by atoms with E-state index in [1.807, 2.05) is 0 Å². The summed E-state index contributed by atoms with van der Waals surface area (Å²) in [5.41, 5.74) is 3.41. The summed E-state index contributed by atoms with van der Waals surface area (Å²) < 4.78 is 18.2. The maximum atomic E-state index is 11.7. The van der Waals surface area contributed by atoms with E-state index in [-0.39, 0.29) is 22.7 Å². The molecule has 1 heterocycles. The molecule has 1 aliphatic rings. The van der Waals surface area contributed by atoms with Gasteiger partial charge in [-0.05, 0) is 28.4 Å². The molecule has 1 saturated heterocycles. The third-order valence-corrected chi connectivity index (χ3v) is 6.05. The summed E-state index contributed by atoms with van der Waals surface area (Å²) in [6, 6.07) is 2.12. The summed E-state index contributed by atoms with van der Waals surface area (Å²) in [7, 11) is -1.53. The SMILES string of the molecule is CCc1cc(C(C)(C)C)c(OP2OCC(C)(C)CO2)c(C(C)(C)C)c1CC(=O)O. The van der Waals surface area contributed by atoms with Gasteiger partial charge in [0.1, 0.15) is 5.75 Å². The van der Waals surface area contributed by atoms with Crippen molar-refractivity contribution in [3.8, 4) is 5.75 Å². The molecule has 0 saturated carbocycles. The van der Waals surface area contributed by atoms with Crippen LogP contribution in [-0.2, 0) is 37.5 Å². The first-order chi connectivity index (χ1) is 13.2. The molecular weight excluding hydrogens is 387 g/mol. The standard InChI is InChI=1S/C23H37O5P/c1-10-15-11-17(21(2,3)4)20(28-29-26-13-23(8,9)14-27-29)19(22(5,6)7)16(15)12-18(24)25/h11H,10,12-14H2,1-9H3,(H,24,25). The van der Waals surface area contributed by atoms with Gasteiger partial charge in [0.05, 0.1) is 19.6 Å². The van der Waals surface area contributed by atoms with Gasteiger partial charge in [0.25, 0.3) is 0 Å². The first-order valence-electron chi connectivity index (χ1n) is 10.3. The molecule has 164 valence electrons. The van der Waals surface area contributed by atoms with Gasteiger partial charge in [-0.25, -0.2) is 0 Å². The van der Waals surface area contributed by atoms with Crippen molar-refractivity contribution in [3.63, 3.8) is 0 Å². The second-order valence-corrected chi connectivity index (χ2v) is 11.9. The van der Waals surface area contributed by atoms with Gasteiger partial charge in [0.2, 0.25) is 0 Å². The van der Waals surface area contributed by atoms with E-state index in [2.05, 4.69) is 68.4 Å². The molecule has 0 spiro atoms. The van der Waals surface area contributed by atoms with E-state index < -0.39 is 14.6 Å². The predicted molar refractivity (Wildman–Crippen MR) is 118 cm³/mol. The number of benzene rings is 1. The number of carboxylic acid groups (broad SMARTS) is 1. The van der Waals surface area contributed by atoms with Gasteiger partial charge in [-0.2, -0.15) is 0 Å². The Labute approximate surface area is 177 Å². The maximum absolute atomic E-state index is 11.7. The fourth-order valence-electron chi connectivity index (χ4n) is 3.53. The number of carboxylic acids is 1. The molecule has 6 heteroatoms. The molecule has 0 unspecified atom stereocenters. The molecule has 1 fully saturated rings. The van der Waals surface area contributed by atoms with Crippen LogP contribution in [0, 0.1) is 5.41 Å². The molecule has 5 nitrogen and oxygen atoms in total. The van der Waals surface area contributed by atoms with Crippen LogP contribution in [0.4, 0.5) is 0 Å². The Bertz CT molecular complexity index is 746. The van der Waals surface area contributed by atoms with E-state index in [0.717, 1.165) is 34.4 Å². The lowest BCUT2D eigenvalue weighted by molar-refractivity contribution is -0.136. The Morgan fingerprint density at radius 2 is 1.69 bits per heavy atom. The quantitative estimate of drug-likeness (QED) is 0.574. The van der Waals surface area contributed by atoms with Crippen LogP contribution in [0.2, 0.25) is 0 Å². The van der Waals surface area contributed by atoms with E-state index in [1.54, 1.807) is 0 Å². The summed E-state index contributed by atoms with van der Waals surface area (Å²) in [6.45, 7) is 20.2. The summed E-state index contributed by atoms with van der Waals surface area (Å²) >= 11 is 0. The predicted octanol–water partition coefficient (Wildman–Crippen LogP) is 6.15. The number of hydrogen-bond acceptors (Lipinski definition) is 4. The second-order valence-electron chi connectivity index (χ2n) is 10.7. The van der Waals surface area contributed by atoms with E-state index in [4.69, 9.17) is 13.6 Å². The summed E-state index contributed by atoms with van der Waals surface area (Å²) in [4.78, 5) is 11.7. The van der Waals surface area contributed by atoms with Gasteiger partial charge >= 0.3 is 14.6 Å². The average Bonchev–Trinajstić information content (AvgIpc) is 2.54. The minimum absolute atomic E-state index is 0.0246. The van der Waals surface area contributed by atoms with Crippen LogP contribution >= 0.6 is 8.60 Å². The van der Waals surface area contributed by atoms with Crippen LogP contribution in [0.3, 0.4) is 0 Å². The number of carbonyl (C=O) groups is 1. The number of hydrogen-bond donors (Lipinski definition) is 1. The van der Waals surface area contributed by atoms with Crippen LogP contribution < -0.4 is 4.52 Å². The Balaban J connectivity index is 2.68. The highest BCUT2D eigenvalue weighted by molar-refractivity contribution is 7.42. The highest BCUT2D eigenvalue weighted by Gasteiger charge is 2.36. The number of aryl methyl sites for hydroxylation is 1. The molecule has 0 aromatic heterocycles. The smallest absolute Gasteiger partial charge is 0.397 e. The lowest BCUT2D eigenvalue weighted by atomic mass is 9.74. The van der Waals surface area contributed by atoms with Crippen molar-refractivity contribution in [2.24, 2.45) is 5.41 Å². The third kappa shape index (κ3) is 5.93. The van der Waals surface area contributed by atoms with Crippen LogP contribution in [0.15, 0.2) is 6.07 Å². The van der Waals surface area contributed by atoms with Crippen LogP contribution in [0.25, 0.3) is 0 Å². The molecule has 0 aliphatic carbocycles. The van der Waals surface area contributed by atoms with Gasteiger partial charge in [-0.1, -0.05) is 68.4 Å². The van der Waals surface area contributed by atoms with E-state index >= 15 is 0 Å². The number of rotatable bonds is 5. The van der Waals surface area contributed by atoms with E-state index in [0.29, 0.717) is 13.2 Å². The normalized spacial score (nSPS) is 18.0. The fraction of sp³-hybridized carbons (Fsp3) is 0.696. The van der Waals surface area contributed by atoms with Gasteiger partial charge in [-0.15, -0.1) is 0 Å².